The van der Waals surface area contributed by atoms with Crippen molar-refractivity contribution in [1.29, 1.82) is 0 Å². The number of Topliss-reactive ketones (excluding diaryl/α,β-unsaturated/α-hetero) is 1. The molecule has 22 heavy (non-hydrogen) atoms. The van der Waals surface area contributed by atoms with Gasteiger partial charge in [0.05, 0.1) is 5.25 Å². The summed E-state index contributed by atoms with van der Waals surface area (Å²) in [6, 6.07) is 5.98. The van der Waals surface area contributed by atoms with E-state index in [0.717, 1.165) is 33.6 Å². The molecule has 116 valence electrons. The predicted molar refractivity (Wildman–Crippen MR) is 91.8 cm³/mol. The minimum atomic E-state index is -0.206. The van der Waals surface area contributed by atoms with Gasteiger partial charge in [-0.05, 0) is 58.7 Å². The van der Waals surface area contributed by atoms with E-state index in [-0.39, 0.29) is 11.0 Å². The van der Waals surface area contributed by atoms with Crippen LogP contribution in [-0.2, 0) is 0 Å². The largest absolute Gasteiger partial charge is 0.293 e. The topological polar surface area (TPSA) is 42.9 Å². The lowest BCUT2D eigenvalue weighted by Gasteiger charge is -2.13. The Morgan fingerprint density at radius 3 is 2.23 bits per heavy atom. The number of hydrogen-bond acceptors (Lipinski definition) is 4. The fourth-order valence-corrected chi connectivity index (χ4v) is 3.16. The highest BCUT2D eigenvalue weighted by Crippen LogP contribution is 2.25. The van der Waals surface area contributed by atoms with Crippen LogP contribution >= 0.6 is 11.8 Å². The van der Waals surface area contributed by atoms with Crippen LogP contribution in [0.3, 0.4) is 0 Å². The Kier molecular flexibility index (Phi) is 5.01. The molecule has 0 fully saturated rings. The average Bonchev–Trinajstić information content (AvgIpc) is 2.46. The van der Waals surface area contributed by atoms with Gasteiger partial charge in [-0.3, -0.25) is 4.79 Å². The zero-order valence-corrected chi connectivity index (χ0v) is 14.8. The van der Waals surface area contributed by atoms with E-state index in [1.165, 1.54) is 11.8 Å². The fraction of sp³-hybridized carbons (Fsp3) is 0.389. The van der Waals surface area contributed by atoms with Gasteiger partial charge in [0.15, 0.2) is 10.9 Å². The monoisotopic (exact) mass is 314 g/mol. The summed E-state index contributed by atoms with van der Waals surface area (Å²) in [7, 11) is 0. The van der Waals surface area contributed by atoms with E-state index in [4.69, 9.17) is 0 Å². The smallest absolute Gasteiger partial charge is 0.188 e. The van der Waals surface area contributed by atoms with Gasteiger partial charge in [-0.25, -0.2) is 9.97 Å². The Balaban J connectivity index is 2.23. The molecule has 1 atom stereocenters. The van der Waals surface area contributed by atoms with Gasteiger partial charge in [0.25, 0.3) is 0 Å². The predicted octanol–water partition coefficient (Wildman–Crippen LogP) is 4.38. The van der Waals surface area contributed by atoms with E-state index >= 15 is 0 Å². The van der Waals surface area contributed by atoms with Crippen LogP contribution < -0.4 is 0 Å². The normalized spacial score (nSPS) is 12.3. The lowest BCUT2D eigenvalue weighted by atomic mass is 10.0. The quantitative estimate of drug-likeness (QED) is 0.477. The van der Waals surface area contributed by atoms with Gasteiger partial charge in [0.1, 0.15) is 0 Å². The first-order valence-corrected chi connectivity index (χ1v) is 8.27. The van der Waals surface area contributed by atoms with Gasteiger partial charge in [-0.1, -0.05) is 29.5 Å². The molecule has 2 rings (SSSR count). The molecule has 2 aromatic rings. The number of carbonyl (C=O) groups is 1. The molecule has 0 aliphatic carbocycles. The van der Waals surface area contributed by atoms with Crippen molar-refractivity contribution in [1.82, 2.24) is 9.97 Å². The second kappa shape index (κ2) is 6.61. The van der Waals surface area contributed by atoms with Crippen LogP contribution in [0.25, 0.3) is 0 Å². The summed E-state index contributed by atoms with van der Waals surface area (Å²) in [5.41, 5.74) is 5.96. The highest BCUT2D eigenvalue weighted by atomic mass is 32.2. The minimum Gasteiger partial charge on any atom is -0.293 e. The maximum absolute atomic E-state index is 12.7. The molecule has 0 N–H and O–H groups in total. The van der Waals surface area contributed by atoms with Crippen LogP contribution in [0, 0.1) is 34.6 Å². The Bertz CT molecular complexity index is 702. The highest BCUT2D eigenvalue weighted by molar-refractivity contribution is 8.00. The van der Waals surface area contributed by atoms with E-state index in [1.54, 1.807) is 0 Å². The van der Waals surface area contributed by atoms with E-state index in [0.29, 0.717) is 5.16 Å². The number of aryl methyl sites for hydroxylation is 4. The molecule has 0 aliphatic heterocycles. The summed E-state index contributed by atoms with van der Waals surface area (Å²) in [5, 5.41) is 0.466. The molecule has 0 spiro atoms. The first kappa shape index (κ1) is 16.7. The second-order valence-corrected chi connectivity index (χ2v) is 7.05. The third-order valence-corrected chi connectivity index (χ3v) is 4.88. The number of nitrogens with zero attached hydrogens (tertiary/aromatic N) is 2. The van der Waals surface area contributed by atoms with Crippen molar-refractivity contribution >= 4 is 17.5 Å². The molecular weight excluding hydrogens is 292 g/mol. The third-order valence-electron chi connectivity index (χ3n) is 3.92. The van der Waals surface area contributed by atoms with Gasteiger partial charge in [0, 0.05) is 17.0 Å². The standard InChI is InChI=1S/C18H22N2OS/c1-10-7-8-11(2)16(9-10)17(21)15(6)22-18-19-13(4)12(3)14(5)20-18/h7-9,15H,1-6H3. The number of ketones is 1. The van der Waals surface area contributed by atoms with Crippen molar-refractivity contribution in [3.05, 3.63) is 51.8 Å². The molecule has 3 nitrogen and oxygen atoms in total. The molecule has 0 saturated heterocycles. The zero-order chi connectivity index (χ0) is 16.4. The number of benzene rings is 1. The van der Waals surface area contributed by atoms with Crippen molar-refractivity contribution in [2.24, 2.45) is 0 Å². The summed E-state index contributed by atoms with van der Waals surface area (Å²) in [5.74, 6) is 0.130. The van der Waals surface area contributed by atoms with Crippen molar-refractivity contribution in [2.75, 3.05) is 0 Å². The molecule has 4 heteroatoms. The molecule has 1 heterocycles. The van der Waals surface area contributed by atoms with Gasteiger partial charge < -0.3 is 0 Å². The van der Waals surface area contributed by atoms with E-state index in [9.17, 15) is 4.79 Å². The zero-order valence-electron chi connectivity index (χ0n) is 14.0. The Hall–Kier alpha value is -1.68. The average molecular weight is 314 g/mol. The van der Waals surface area contributed by atoms with Crippen LogP contribution in [0.1, 0.15) is 45.4 Å². The number of thioether (sulfide) groups is 1. The molecular formula is C18H22N2OS. The molecule has 0 saturated carbocycles. The Morgan fingerprint density at radius 1 is 1.05 bits per heavy atom. The van der Waals surface area contributed by atoms with Gasteiger partial charge in [0.2, 0.25) is 0 Å². The molecule has 0 bridgehead atoms. The number of rotatable bonds is 4. The molecule has 0 amide bonds. The fourth-order valence-electron chi connectivity index (χ4n) is 2.23. The number of hydrogen-bond donors (Lipinski definition) is 0. The Morgan fingerprint density at radius 2 is 1.64 bits per heavy atom. The van der Waals surface area contributed by atoms with Crippen molar-refractivity contribution in [3.63, 3.8) is 0 Å². The molecule has 1 aromatic carbocycles. The van der Waals surface area contributed by atoms with Crippen LogP contribution in [0.2, 0.25) is 0 Å². The maximum Gasteiger partial charge on any atom is 0.188 e. The number of aromatic nitrogens is 2. The second-order valence-electron chi connectivity index (χ2n) is 5.74. The van der Waals surface area contributed by atoms with Crippen molar-refractivity contribution in [2.45, 2.75) is 51.9 Å². The van der Waals surface area contributed by atoms with Gasteiger partial charge in [-0.2, -0.15) is 0 Å². The van der Waals surface area contributed by atoms with Crippen molar-refractivity contribution in [3.8, 4) is 0 Å². The van der Waals surface area contributed by atoms with Crippen molar-refractivity contribution < 1.29 is 4.79 Å². The van der Waals surface area contributed by atoms with E-state index in [1.807, 2.05) is 59.7 Å². The maximum atomic E-state index is 12.7. The summed E-state index contributed by atoms with van der Waals surface area (Å²) in [6.07, 6.45) is 0. The SMILES string of the molecule is Cc1ccc(C)c(C(=O)C(C)Sc2nc(C)c(C)c(C)n2)c1. The first-order valence-electron chi connectivity index (χ1n) is 7.39. The lowest BCUT2D eigenvalue weighted by molar-refractivity contribution is 0.0993. The third kappa shape index (κ3) is 3.55. The van der Waals surface area contributed by atoms with Crippen LogP contribution in [0.5, 0.6) is 0 Å². The van der Waals surface area contributed by atoms with E-state index in [2.05, 4.69) is 9.97 Å². The summed E-state index contributed by atoms with van der Waals surface area (Å²) < 4.78 is 0. The Labute approximate surface area is 136 Å². The van der Waals surface area contributed by atoms with Crippen LogP contribution in [-0.4, -0.2) is 21.0 Å². The van der Waals surface area contributed by atoms with E-state index < -0.39 is 0 Å². The molecule has 0 aliphatic rings. The summed E-state index contributed by atoms with van der Waals surface area (Å²) in [4.78, 5) is 21.7. The minimum absolute atomic E-state index is 0.130. The molecule has 1 unspecified atom stereocenters. The summed E-state index contributed by atoms with van der Waals surface area (Å²) in [6.45, 7) is 11.9. The number of carbonyl (C=O) groups excluding carboxylic acids is 1. The lowest BCUT2D eigenvalue weighted by Crippen LogP contribution is -2.16. The highest BCUT2D eigenvalue weighted by Gasteiger charge is 2.20. The molecule has 0 radical (unpaired) electrons. The first-order chi connectivity index (χ1) is 10.3. The van der Waals surface area contributed by atoms with Crippen LogP contribution in [0.15, 0.2) is 23.4 Å². The van der Waals surface area contributed by atoms with Gasteiger partial charge >= 0.3 is 0 Å². The molecule has 1 aromatic heterocycles. The summed E-state index contributed by atoms with van der Waals surface area (Å²) >= 11 is 1.43. The van der Waals surface area contributed by atoms with Crippen LogP contribution in [0.4, 0.5) is 0 Å². The van der Waals surface area contributed by atoms with Gasteiger partial charge in [-0.15, -0.1) is 0 Å².